The van der Waals surface area contributed by atoms with Gasteiger partial charge in [-0.25, -0.2) is 4.79 Å². The van der Waals surface area contributed by atoms with E-state index >= 15 is 0 Å². The minimum absolute atomic E-state index is 0.0316. The van der Waals surface area contributed by atoms with Gasteiger partial charge in [0.05, 0.1) is 6.54 Å². The van der Waals surface area contributed by atoms with Crippen LogP contribution in [0.4, 0.5) is 18.0 Å². The summed E-state index contributed by atoms with van der Waals surface area (Å²) in [6.07, 6.45) is -4.81. The molecule has 3 rings (SSSR count). The van der Waals surface area contributed by atoms with Crippen molar-refractivity contribution in [3.63, 3.8) is 0 Å². The molecule has 9 heteroatoms. The number of alkyl halides is 3. The van der Waals surface area contributed by atoms with Crippen molar-refractivity contribution in [3.8, 4) is 11.5 Å². The van der Waals surface area contributed by atoms with Crippen molar-refractivity contribution >= 4 is 11.9 Å². The average molecular weight is 408 g/mol. The van der Waals surface area contributed by atoms with Gasteiger partial charge < -0.3 is 14.8 Å². The molecule has 1 fully saturated rings. The number of hydrogen-bond acceptors (Lipinski definition) is 4. The number of nitrogens with zero attached hydrogens (tertiary/aromatic N) is 1. The number of halogens is 3. The summed E-state index contributed by atoms with van der Waals surface area (Å²) in [5.74, 6) is -0.270. The van der Waals surface area contributed by atoms with Gasteiger partial charge >= 0.3 is 12.4 Å². The number of para-hydroxylation sites is 1. The van der Waals surface area contributed by atoms with E-state index in [9.17, 15) is 22.8 Å². The van der Waals surface area contributed by atoms with Crippen LogP contribution in [0.5, 0.6) is 11.5 Å². The fourth-order valence-electron chi connectivity index (χ4n) is 3.05. The molecule has 1 atom stereocenters. The van der Waals surface area contributed by atoms with Crippen molar-refractivity contribution in [1.82, 2.24) is 10.2 Å². The number of imide groups is 1. The Morgan fingerprint density at radius 2 is 1.72 bits per heavy atom. The van der Waals surface area contributed by atoms with Gasteiger partial charge in [0.25, 0.3) is 5.91 Å². The number of amides is 3. The van der Waals surface area contributed by atoms with Crippen LogP contribution >= 0.6 is 0 Å². The van der Waals surface area contributed by atoms with Crippen molar-refractivity contribution in [2.45, 2.75) is 25.7 Å². The molecule has 1 aliphatic heterocycles. The van der Waals surface area contributed by atoms with Gasteiger partial charge in [0.15, 0.2) is 0 Å². The minimum atomic E-state index is -4.81. The molecule has 0 bridgehead atoms. The highest BCUT2D eigenvalue weighted by molar-refractivity contribution is 6.07. The highest BCUT2D eigenvalue weighted by Gasteiger charge is 2.48. The molecule has 1 heterocycles. The third-order valence-corrected chi connectivity index (χ3v) is 4.61. The molecule has 0 saturated carbocycles. The predicted octanol–water partition coefficient (Wildman–Crippen LogP) is 3.74. The number of benzene rings is 2. The van der Waals surface area contributed by atoms with E-state index in [2.05, 4.69) is 10.1 Å². The molecule has 1 aliphatic rings. The first kappa shape index (κ1) is 20.5. The van der Waals surface area contributed by atoms with Crippen molar-refractivity contribution < 1.29 is 32.2 Å². The first-order chi connectivity index (χ1) is 13.6. The summed E-state index contributed by atoms with van der Waals surface area (Å²) in [6.45, 7) is 3.52. The summed E-state index contributed by atoms with van der Waals surface area (Å²) in [6, 6.07) is 11.6. The monoisotopic (exact) mass is 408 g/mol. The summed E-state index contributed by atoms with van der Waals surface area (Å²) >= 11 is 0. The normalized spacial score (nSPS) is 19.3. The van der Waals surface area contributed by atoms with Gasteiger partial charge in [-0.05, 0) is 43.2 Å². The van der Waals surface area contributed by atoms with Crippen LogP contribution in [0.15, 0.2) is 48.5 Å². The summed E-state index contributed by atoms with van der Waals surface area (Å²) < 4.78 is 46.4. The lowest BCUT2D eigenvalue weighted by Gasteiger charge is -2.22. The van der Waals surface area contributed by atoms with Gasteiger partial charge in [-0.3, -0.25) is 9.69 Å². The van der Waals surface area contributed by atoms with E-state index in [4.69, 9.17) is 4.74 Å². The van der Waals surface area contributed by atoms with Crippen LogP contribution in [0.1, 0.15) is 18.1 Å². The number of carbonyl (C=O) groups excluding carboxylic acids is 2. The molecule has 0 spiro atoms. The number of hydrogen-bond donors (Lipinski definition) is 1. The van der Waals surface area contributed by atoms with Gasteiger partial charge in [0.2, 0.25) is 0 Å². The second-order valence-electron chi connectivity index (χ2n) is 6.70. The molecule has 0 aromatic heterocycles. The molecule has 1 saturated heterocycles. The maximum absolute atomic E-state index is 12.8. The van der Waals surface area contributed by atoms with E-state index in [1.54, 1.807) is 6.07 Å². The summed E-state index contributed by atoms with van der Waals surface area (Å²) in [4.78, 5) is 26.2. The van der Waals surface area contributed by atoms with Crippen molar-refractivity contribution in [2.24, 2.45) is 0 Å². The molecule has 2 aromatic carbocycles. The molecule has 0 aliphatic carbocycles. The zero-order chi connectivity index (χ0) is 21.2. The van der Waals surface area contributed by atoms with Crippen LogP contribution in [-0.2, 0) is 10.3 Å². The lowest BCUT2D eigenvalue weighted by atomic mass is 9.92. The van der Waals surface area contributed by atoms with Crippen molar-refractivity contribution in [1.29, 1.82) is 0 Å². The van der Waals surface area contributed by atoms with Crippen molar-refractivity contribution in [2.75, 3.05) is 13.2 Å². The molecule has 0 radical (unpaired) electrons. The van der Waals surface area contributed by atoms with Crippen LogP contribution in [0.25, 0.3) is 0 Å². The van der Waals surface area contributed by atoms with Gasteiger partial charge in [-0.15, -0.1) is 13.2 Å². The number of aryl methyl sites for hydroxylation is 1. The predicted molar refractivity (Wildman–Crippen MR) is 97.4 cm³/mol. The second kappa shape index (κ2) is 7.65. The highest BCUT2D eigenvalue weighted by atomic mass is 19.4. The molecule has 3 amide bonds. The van der Waals surface area contributed by atoms with E-state index in [0.29, 0.717) is 11.3 Å². The van der Waals surface area contributed by atoms with Crippen LogP contribution in [-0.4, -0.2) is 36.4 Å². The number of urea groups is 1. The molecule has 1 N–H and O–H groups in total. The third-order valence-electron chi connectivity index (χ3n) is 4.61. The van der Waals surface area contributed by atoms with E-state index in [-0.39, 0.29) is 13.2 Å². The zero-order valence-electron chi connectivity index (χ0n) is 15.7. The Balaban J connectivity index is 1.67. The molecule has 6 nitrogen and oxygen atoms in total. The number of ether oxygens (including phenoxy) is 2. The molecule has 2 aromatic rings. The van der Waals surface area contributed by atoms with Crippen LogP contribution in [0.3, 0.4) is 0 Å². The standard InChI is InChI=1S/C20H19F3N2O4/c1-13-5-3-4-6-16(13)28-12-11-25-17(26)19(2,24-18(25)27)14-7-9-15(10-8-14)29-20(21,22)23/h3-10H,11-12H2,1-2H3,(H,24,27). The maximum atomic E-state index is 12.8. The van der Waals surface area contributed by atoms with Crippen LogP contribution < -0.4 is 14.8 Å². The molecule has 29 heavy (non-hydrogen) atoms. The van der Waals surface area contributed by atoms with Gasteiger partial charge in [0.1, 0.15) is 23.6 Å². The molecular formula is C20H19F3N2O4. The van der Waals surface area contributed by atoms with E-state index in [0.717, 1.165) is 22.6 Å². The molecule has 1 unspecified atom stereocenters. The Labute approximate surface area is 165 Å². The quantitative estimate of drug-likeness (QED) is 0.740. The Morgan fingerprint density at radius 1 is 1.07 bits per heavy atom. The average Bonchev–Trinajstić information content (AvgIpc) is 2.86. The van der Waals surface area contributed by atoms with Crippen LogP contribution in [0.2, 0.25) is 0 Å². The Bertz CT molecular complexity index is 915. The SMILES string of the molecule is Cc1ccccc1OCCN1C(=O)NC(C)(c2ccc(OC(F)(F)F)cc2)C1=O. The van der Waals surface area contributed by atoms with Gasteiger partial charge in [-0.1, -0.05) is 30.3 Å². The zero-order valence-corrected chi connectivity index (χ0v) is 15.7. The Kier molecular flexibility index (Phi) is 5.41. The Hall–Kier alpha value is -3.23. The van der Waals surface area contributed by atoms with E-state index in [1.807, 2.05) is 25.1 Å². The number of nitrogens with one attached hydrogen (secondary N) is 1. The summed E-state index contributed by atoms with van der Waals surface area (Å²) in [7, 11) is 0. The fourth-order valence-corrected chi connectivity index (χ4v) is 3.05. The first-order valence-corrected chi connectivity index (χ1v) is 8.79. The van der Waals surface area contributed by atoms with E-state index < -0.39 is 29.6 Å². The molecule has 154 valence electrons. The Morgan fingerprint density at radius 3 is 2.34 bits per heavy atom. The number of carbonyl (C=O) groups is 2. The fraction of sp³-hybridized carbons (Fsp3) is 0.300. The maximum Gasteiger partial charge on any atom is 0.573 e. The van der Waals surface area contributed by atoms with Crippen LogP contribution in [0, 0.1) is 6.92 Å². The smallest absolute Gasteiger partial charge is 0.491 e. The van der Waals surface area contributed by atoms with Gasteiger partial charge in [-0.2, -0.15) is 0 Å². The summed E-state index contributed by atoms with van der Waals surface area (Å²) in [5, 5.41) is 2.59. The molecular weight excluding hydrogens is 389 g/mol. The highest BCUT2D eigenvalue weighted by Crippen LogP contribution is 2.31. The first-order valence-electron chi connectivity index (χ1n) is 8.79. The largest absolute Gasteiger partial charge is 0.573 e. The lowest BCUT2D eigenvalue weighted by molar-refractivity contribution is -0.274. The minimum Gasteiger partial charge on any atom is -0.491 e. The summed E-state index contributed by atoms with van der Waals surface area (Å²) in [5.41, 5.74) is -0.125. The van der Waals surface area contributed by atoms with Crippen molar-refractivity contribution in [3.05, 3.63) is 59.7 Å². The number of rotatable bonds is 6. The lowest BCUT2D eigenvalue weighted by Crippen LogP contribution is -2.41. The van der Waals surface area contributed by atoms with E-state index in [1.165, 1.54) is 19.1 Å². The third kappa shape index (κ3) is 4.44. The second-order valence-corrected chi connectivity index (χ2v) is 6.70. The van der Waals surface area contributed by atoms with Gasteiger partial charge in [0, 0.05) is 0 Å². The topological polar surface area (TPSA) is 67.9 Å².